The van der Waals surface area contributed by atoms with Gasteiger partial charge >= 0.3 is 0 Å². The maximum atomic E-state index is 9.87. The van der Waals surface area contributed by atoms with Crippen molar-refractivity contribution < 1.29 is 33.4 Å². The second kappa shape index (κ2) is 8.60. The van der Waals surface area contributed by atoms with Gasteiger partial charge in [-0.1, -0.05) is 0 Å². The molecule has 0 saturated carbocycles. The van der Waals surface area contributed by atoms with Crippen LogP contribution in [-0.4, -0.2) is 51.7 Å². The summed E-state index contributed by atoms with van der Waals surface area (Å²) < 4.78 is 27.8. The topological polar surface area (TPSA) is 135 Å². The van der Waals surface area contributed by atoms with E-state index < -0.39 is 28.5 Å². The summed E-state index contributed by atoms with van der Waals surface area (Å²) in [6.45, 7) is 1.54. The van der Waals surface area contributed by atoms with Gasteiger partial charge in [0, 0.05) is 6.42 Å². The van der Waals surface area contributed by atoms with Crippen molar-refractivity contribution in [2.24, 2.45) is 0 Å². The number of hydrogen-bond donors (Lipinski definition) is 5. The lowest BCUT2D eigenvalue weighted by Crippen LogP contribution is -2.12. The smallest absolute Gasteiger partial charge is 0.265 e. The van der Waals surface area contributed by atoms with Gasteiger partial charge in [-0.15, -0.1) is 5.92 Å². The zero-order chi connectivity index (χ0) is 12.5. The van der Waals surface area contributed by atoms with Crippen LogP contribution in [0.1, 0.15) is 13.3 Å². The van der Waals surface area contributed by atoms with Gasteiger partial charge in [-0.2, -0.15) is 8.42 Å². The van der Waals surface area contributed by atoms with E-state index in [9.17, 15) is 8.42 Å². The van der Waals surface area contributed by atoms with Crippen molar-refractivity contribution in [1.29, 1.82) is 0 Å². The molecule has 0 rings (SSSR count). The molecular weight excluding hydrogens is 228 g/mol. The van der Waals surface area contributed by atoms with Crippen molar-refractivity contribution >= 4 is 10.1 Å². The van der Waals surface area contributed by atoms with Crippen LogP contribution in [-0.2, 0) is 10.1 Å². The molecule has 0 aromatic heterocycles. The van der Waals surface area contributed by atoms with Crippen molar-refractivity contribution in [2.75, 3.05) is 5.75 Å². The highest BCUT2D eigenvalue weighted by molar-refractivity contribution is 7.85. The van der Waals surface area contributed by atoms with Crippen LogP contribution in [0.4, 0.5) is 0 Å². The first-order chi connectivity index (χ1) is 6.69. The predicted molar refractivity (Wildman–Crippen MR) is 50.9 cm³/mol. The van der Waals surface area contributed by atoms with E-state index in [2.05, 4.69) is 11.8 Å². The van der Waals surface area contributed by atoms with Gasteiger partial charge in [0.1, 0.15) is 0 Å². The third kappa shape index (κ3) is 24.7. The predicted octanol–water partition coefficient (Wildman–Crippen LogP) is -2.10. The molecular formula is C7H14O7S. The molecule has 0 saturated heterocycles. The first-order valence-electron chi connectivity index (χ1n) is 3.78. The Balaban J connectivity index is 0. The van der Waals surface area contributed by atoms with Crippen molar-refractivity contribution in [3.63, 3.8) is 0 Å². The molecule has 0 aliphatic rings. The molecule has 0 aromatic carbocycles. The van der Waals surface area contributed by atoms with Crippen molar-refractivity contribution in [1.82, 2.24) is 0 Å². The molecule has 0 bridgehead atoms. The largest absolute Gasteiger partial charge is 0.368 e. The van der Waals surface area contributed by atoms with Gasteiger partial charge in [-0.25, -0.2) is 0 Å². The summed E-state index contributed by atoms with van der Waals surface area (Å²) in [6, 6.07) is 0. The summed E-state index contributed by atoms with van der Waals surface area (Å²) in [5.41, 5.74) is 0. The van der Waals surface area contributed by atoms with Crippen LogP contribution >= 0.6 is 0 Å². The minimum absolute atomic E-state index is 0.362. The molecule has 0 aromatic rings. The second-order valence-electron chi connectivity index (χ2n) is 2.32. The fraction of sp³-hybridized carbons (Fsp3) is 0.714. The second-order valence-corrected chi connectivity index (χ2v) is 3.90. The molecule has 0 amide bonds. The standard InChI is InChI=1S/C4H6O2.C3H8O5S/c1-2-3-4(5)6;4-3(5)1-2-9(6,7)8/h4-6H,1H3;3-5H,1-2H2,(H,6,7,8). The van der Waals surface area contributed by atoms with E-state index in [-0.39, 0.29) is 6.42 Å². The lowest BCUT2D eigenvalue weighted by molar-refractivity contribution is -0.0410. The summed E-state index contributed by atoms with van der Waals surface area (Å²) in [4.78, 5) is 0. The zero-order valence-electron chi connectivity index (χ0n) is 8.03. The fourth-order valence-corrected chi connectivity index (χ4v) is 0.892. The van der Waals surface area contributed by atoms with E-state index in [1.54, 1.807) is 6.92 Å². The van der Waals surface area contributed by atoms with E-state index in [4.69, 9.17) is 25.0 Å². The molecule has 5 N–H and O–H groups in total. The minimum Gasteiger partial charge on any atom is -0.368 e. The molecule has 0 radical (unpaired) electrons. The van der Waals surface area contributed by atoms with Crippen molar-refractivity contribution in [3.05, 3.63) is 0 Å². The number of aliphatic hydroxyl groups is 4. The number of hydrogen-bond acceptors (Lipinski definition) is 6. The Hall–Kier alpha value is -0.690. The molecule has 8 heteroatoms. The van der Waals surface area contributed by atoms with E-state index in [0.29, 0.717) is 0 Å². The first kappa shape index (κ1) is 16.7. The molecule has 0 atom stereocenters. The van der Waals surface area contributed by atoms with Gasteiger partial charge in [0.15, 0.2) is 6.29 Å². The Labute approximate surface area is 87.7 Å². The van der Waals surface area contributed by atoms with Gasteiger partial charge in [-0.05, 0) is 12.8 Å². The van der Waals surface area contributed by atoms with Crippen LogP contribution in [0.2, 0.25) is 0 Å². The highest BCUT2D eigenvalue weighted by atomic mass is 32.2. The van der Waals surface area contributed by atoms with Gasteiger partial charge in [0.2, 0.25) is 6.29 Å². The van der Waals surface area contributed by atoms with E-state index in [0.717, 1.165) is 0 Å². The lowest BCUT2D eigenvalue weighted by atomic mass is 10.5. The monoisotopic (exact) mass is 242 g/mol. The first-order valence-corrected chi connectivity index (χ1v) is 5.39. The third-order valence-electron chi connectivity index (χ3n) is 0.907. The maximum Gasteiger partial charge on any atom is 0.265 e. The quantitative estimate of drug-likeness (QED) is 0.217. The molecule has 0 fully saturated rings. The van der Waals surface area contributed by atoms with Crippen LogP contribution in [0.3, 0.4) is 0 Å². The summed E-state index contributed by atoms with van der Waals surface area (Å²) in [6.07, 6.45) is -3.50. The molecule has 0 aliphatic heterocycles. The van der Waals surface area contributed by atoms with Crippen LogP contribution in [0, 0.1) is 11.8 Å². The number of aliphatic hydroxyl groups excluding tert-OH is 2. The Bertz CT molecular complexity index is 295. The van der Waals surface area contributed by atoms with Gasteiger partial charge in [0.25, 0.3) is 10.1 Å². The highest BCUT2D eigenvalue weighted by Gasteiger charge is 2.06. The normalized spacial score (nSPS) is 10.4. The van der Waals surface area contributed by atoms with Crippen LogP contribution in [0.15, 0.2) is 0 Å². The van der Waals surface area contributed by atoms with Gasteiger partial charge < -0.3 is 20.4 Å². The molecule has 0 aliphatic carbocycles. The van der Waals surface area contributed by atoms with E-state index in [1.807, 2.05) is 0 Å². The Morgan fingerprint density at radius 3 is 1.73 bits per heavy atom. The summed E-state index contributed by atoms with van der Waals surface area (Å²) in [5, 5.41) is 32.1. The SMILES string of the molecule is CC#CC(O)O.O=S(=O)(O)CCC(O)O. The summed E-state index contributed by atoms with van der Waals surface area (Å²) in [5.74, 6) is 3.77. The molecule has 15 heavy (non-hydrogen) atoms. The Morgan fingerprint density at radius 1 is 1.20 bits per heavy atom. The molecule has 0 spiro atoms. The van der Waals surface area contributed by atoms with Crippen LogP contribution < -0.4 is 0 Å². The fourth-order valence-electron chi connectivity index (χ4n) is 0.383. The van der Waals surface area contributed by atoms with Crippen molar-refractivity contribution in [2.45, 2.75) is 25.9 Å². The highest BCUT2D eigenvalue weighted by Crippen LogP contribution is 1.90. The Kier molecular flexibility index (Phi) is 9.60. The zero-order valence-corrected chi connectivity index (χ0v) is 8.85. The lowest BCUT2D eigenvalue weighted by Gasteiger charge is -1.98. The Morgan fingerprint density at radius 2 is 1.67 bits per heavy atom. The molecule has 90 valence electrons. The van der Waals surface area contributed by atoms with E-state index >= 15 is 0 Å². The van der Waals surface area contributed by atoms with Gasteiger partial charge in [0.05, 0.1) is 5.75 Å². The molecule has 0 unspecified atom stereocenters. The van der Waals surface area contributed by atoms with Crippen LogP contribution in [0.5, 0.6) is 0 Å². The molecule has 7 nitrogen and oxygen atoms in total. The third-order valence-corrected chi connectivity index (χ3v) is 1.66. The van der Waals surface area contributed by atoms with E-state index in [1.165, 1.54) is 0 Å². The maximum absolute atomic E-state index is 9.87. The summed E-state index contributed by atoms with van der Waals surface area (Å²) >= 11 is 0. The number of rotatable bonds is 3. The van der Waals surface area contributed by atoms with Crippen molar-refractivity contribution in [3.8, 4) is 11.8 Å². The molecule has 0 heterocycles. The van der Waals surface area contributed by atoms with Crippen LogP contribution in [0.25, 0.3) is 0 Å². The van der Waals surface area contributed by atoms with Gasteiger partial charge in [-0.3, -0.25) is 4.55 Å². The minimum atomic E-state index is -4.04. The average Bonchev–Trinajstić information content (AvgIpc) is 2.00. The summed E-state index contributed by atoms with van der Waals surface area (Å²) in [7, 11) is -4.04. The average molecular weight is 242 g/mol.